The molecule has 1 aromatic carbocycles. The molecule has 0 unspecified atom stereocenters. The standard InChI is InChI=1S/C14H18N2OS/c1-14(2,18-3)9-16-13-12-8-11(17)5-4-10(12)6-7-15-13/h4-8,17H,9H2,1-3H3,(H,15,16). The van der Waals surface area contributed by atoms with Gasteiger partial charge in [0.05, 0.1) is 0 Å². The van der Waals surface area contributed by atoms with Crippen molar-refractivity contribution in [1.29, 1.82) is 0 Å². The molecule has 0 fully saturated rings. The zero-order chi connectivity index (χ0) is 13.2. The van der Waals surface area contributed by atoms with Crippen molar-refractivity contribution in [2.45, 2.75) is 18.6 Å². The maximum Gasteiger partial charge on any atom is 0.133 e. The summed E-state index contributed by atoms with van der Waals surface area (Å²) in [5.74, 6) is 1.09. The zero-order valence-electron chi connectivity index (χ0n) is 10.9. The third kappa shape index (κ3) is 2.88. The molecule has 1 heterocycles. The first-order valence-corrected chi connectivity index (χ1v) is 7.11. The van der Waals surface area contributed by atoms with E-state index in [0.29, 0.717) is 0 Å². The highest BCUT2D eigenvalue weighted by Gasteiger charge is 2.16. The second-order valence-corrected chi connectivity index (χ2v) is 6.40. The number of aromatic nitrogens is 1. The van der Waals surface area contributed by atoms with Crippen molar-refractivity contribution in [3.63, 3.8) is 0 Å². The zero-order valence-corrected chi connectivity index (χ0v) is 11.7. The van der Waals surface area contributed by atoms with Gasteiger partial charge in [-0.15, -0.1) is 0 Å². The van der Waals surface area contributed by atoms with E-state index in [-0.39, 0.29) is 10.5 Å². The van der Waals surface area contributed by atoms with Crippen LogP contribution in [0.3, 0.4) is 0 Å². The van der Waals surface area contributed by atoms with Crippen LogP contribution < -0.4 is 5.32 Å². The maximum absolute atomic E-state index is 9.57. The Hall–Kier alpha value is -1.42. The molecule has 0 aliphatic rings. The van der Waals surface area contributed by atoms with Crippen LogP contribution in [-0.2, 0) is 0 Å². The monoisotopic (exact) mass is 262 g/mol. The van der Waals surface area contributed by atoms with E-state index in [0.717, 1.165) is 23.1 Å². The van der Waals surface area contributed by atoms with Gasteiger partial charge in [-0.1, -0.05) is 6.07 Å². The number of hydrogen-bond donors (Lipinski definition) is 2. The minimum atomic E-state index is 0.153. The highest BCUT2D eigenvalue weighted by molar-refractivity contribution is 7.99. The number of thioether (sulfide) groups is 1. The lowest BCUT2D eigenvalue weighted by molar-refractivity contribution is 0.476. The summed E-state index contributed by atoms with van der Waals surface area (Å²) in [6.45, 7) is 5.20. The average molecular weight is 262 g/mol. The van der Waals surface area contributed by atoms with E-state index in [9.17, 15) is 5.11 Å². The van der Waals surface area contributed by atoms with Gasteiger partial charge in [0, 0.05) is 22.9 Å². The number of rotatable bonds is 4. The molecule has 2 N–H and O–H groups in total. The fourth-order valence-corrected chi connectivity index (χ4v) is 1.88. The van der Waals surface area contributed by atoms with Gasteiger partial charge in [-0.05, 0) is 43.7 Å². The predicted octanol–water partition coefficient (Wildman–Crippen LogP) is 3.49. The lowest BCUT2D eigenvalue weighted by atomic mass is 10.1. The van der Waals surface area contributed by atoms with Gasteiger partial charge >= 0.3 is 0 Å². The fourth-order valence-electron chi connectivity index (χ4n) is 1.67. The van der Waals surface area contributed by atoms with Gasteiger partial charge in [0.15, 0.2) is 0 Å². The van der Waals surface area contributed by atoms with Crippen molar-refractivity contribution in [3.8, 4) is 5.75 Å². The Morgan fingerprint density at radius 2 is 2.11 bits per heavy atom. The van der Waals surface area contributed by atoms with Crippen LogP contribution in [-0.4, -0.2) is 27.6 Å². The van der Waals surface area contributed by atoms with Gasteiger partial charge in [0.2, 0.25) is 0 Å². The number of pyridine rings is 1. The van der Waals surface area contributed by atoms with E-state index in [1.165, 1.54) is 0 Å². The number of phenolic OH excluding ortho intramolecular Hbond substituents is 1. The first-order chi connectivity index (χ1) is 8.52. The van der Waals surface area contributed by atoms with Crippen molar-refractivity contribution in [3.05, 3.63) is 30.5 Å². The molecule has 0 saturated carbocycles. The average Bonchev–Trinajstić information content (AvgIpc) is 2.36. The molecule has 0 saturated heterocycles. The third-order valence-corrected chi connectivity index (χ3v) is 4.23. The molecule has 0 bridgehead atoms. The lowest BCUT2D eigenvalue weighted by Gasteiger charge is -2.23. The van der Waals surface area contributed by atoms with Gasteiger partial charge in [0.25, 0.3) is 0 Å². The lowest BCUT2D eigenvalue weighted by Crippen LogP contribution is -2.26. The molecule has 96 valence electrons. The Balaban J connectivity index is 2.30. The second kappa shape index (κ2) is 5.06. The van der Waals surface area contributed by atoms with Crippen molar-refractivity contribution in [2.75, 3.05) is 18.1 Å². The van der Waals surface area contributed by atoms with Gasteiger partial charge in [0.1, 0.15) is 11.6 Å². The number of aromatic hydroxyl groups is 1. The van der Waals surface area contributed by atoms with Crippen LogP contribution in [0.25, 0.3) is 10.8 Å². The minimum Gasteiger partial charge on any atom is -0.508 e. The number of fused-ring (bicyclic) bond motifs is 1. The summed E-state index contributed by atoms with van der Waals surface area (Å²) in [5.41, 5.74) is 0. The molecule has 0 atom stereocenters. The summed E-state index contributed by atoms with van der Waals surface area (Å²) >= 11 is 1.82. The molecule has 1 aromatic heterocycles. The number of phenols is 1. The summed E-state index contributed by atoms with van der Waals surface area (Å²) < 4.78 is 0.153. The van der Waals surface area contributed by atoms with Crippen LogP contribution in [0.5, 0.6) is 5.75 Å². The number of hydrogen-bond acceptors (Lipinski definition) is 4. The SMILES string of the molecule is CSC(C)(C)CNc1nccc2ccc(O)cc12. The molecule has 0 spiro atoms. The van der Waals surface area contributed by atoms with Crippen molar-refractivity contribution >= 4 is 28.4 Å². The normalized spacial score (nSPS) is 11.7. The first-order valence-electron chi connectivity index (χ1n) is 5.88. The Labute approximate surface area is 112 Å². The molecule has 0 aliphatic heterocycles. The maximum atomic E-state index is 9.57. The van der Waals surface area contributed by atoms with E-state index in [1.54, 1.807) is 18.3 Å². The fraction of sp³-hybridized carbons (Fsp3) is 0.357. The van der Waals surface area contributed by atoms with E-state index in [2.05, 4.69) is 30.4 Å². The Bertz CT molecular complexity index is 554. The molecular weight excluding hydrogens is 244 g/mol. The largest absolute Gasteiger partial charge is 0.508 e. The third-order valence-electron chi connectivity index (χ3n) is 2.98. The van der Waals surface area contributed by atoms with Gasteiger partial charge in [-0.25, -0.2) is 4.98 Å². The van der Waals surface area contributed by atoms with Crippen LogP contribution in [0.15, 0.2) is 30.5 Å². The number of nitrogens with zero attached hydrogens (tertiary/aromatic N) is 1. The predicted molar refractivity (Wildman–Crippen MR) is 79.5 cm³/mol. The number of anilines is 1. The van der Waals surface area contributed by atoms with Crippen molar-refractivity contribution in [2.24, 2.45) is 0 Å². The molecule has 2 aromatic rings. The van der Waals surface area contributed by atoms with Crippen LogP contribution in [0.2, 0.25) is 0 Å². The summed E-state index contributed by atoms with van der Waals surface area (Å²) in [5, 5.41) is 15.0. The van der Waals surface area contributed by atoms with Gasteiger partial charge < -0.3 is 10.4 Å². The summed E-state index contributed by atoms with van der Waals surface area (Å²) in [6, 6.07) is 7.28. The summed E-state index contributed by atoms with van der Waals surface area (Å²) in [4.78, 5) is 4.35. The molecular formula is C14H18N2OS. The Morgan fingerprint density at radius 3 is 2.83 bits per heavy atom. The Kier molecular flexibility index (Phi) is 3.66. The first kappa shape index (κ1) is 13.0. The minimum absolute atomic E-state index is 0.153. The van der Waals surface area contributed by atoms with Gasteiger partial charge in [-0.3, -0.25) is 0 Å². The summed E-state index contributed by atoms with van der Waals surface area (Å²) in [7, 11) is 0. The van der Waals surface area contributed by atoms with Crippen molar-refractivity contribution in [1.82, 2.24) is 4.98 Å². The topological polar surface area (TPSA) is 45.2 Å². The molecule has 2 rings (SSSR count). The van der Waals surface area contributed by atoms with E-state index in [4.69, 9.17) is 0 Å². The summed E-state index contributed by atoms with van der Waals surface area (Å²) in [6.07, 6.45) is 3.89. The van der Waals surface area contributed by atoms with Crippen LogP contribution in [0.1, 0.15) is 13.8 Å². The smallest absolute Gasteiger partial charge is 0.133 e. The quantitative estimate of drug-likeness (QED) is 0.885. The van der Waals surface area contributed by atoms with Crippen LogP contribution >= 0.6 is 11.8 Å². The molecule has 0 aliphatic carbocycles. The molecule has 4 heteroatoms. The second-order valence-electron chi connectivity index (χ2n) is 4.88. The highest BCUT2D eigenvalue weighted by Crippen LogP contribution is 2.27. The highest BCUT2D eigenvalue weighted by atomic mass is 32.2. The van der Waals surface area contributed by atoms with Crippen LogP contribution in [0, 0.1) is 0 Å². The number of benzene rings is 1. The number of nitrogens with one attached hydrogen (secondary N) is 1. The molecule has 18 heavy (non-hydrogen) atoms. The van der Waals surface area contributed by atoms with Crippen LogP contribution in [0.4, 0.5) is 5.82 Å². The molecule has 3 nitrogen and oxygen atoms in total. The Morgan fingerprint density at radius 1 is 1.33 bits per heavy atom. The molecule has 0 radical (unpaired) electrons. The van der Waals surface area contributed by atoms with E-state index in [1.807, 2.05) is 23.9 Å². The van der Waals surface area contributed by atoms with Gasteiger partial charge in [-0.2, -0.15) is 11.8 Å². The van der Waals surface area contributed by atoms with Crippen molar-refractivity contribution < 1.29 is 5.11 Å². The molecule has 0 amide bonds. The van der Waals surface area contributed by atoms with E-state index < -0.39 is 0 Å². The van der Waals surface area contributed by atoms with E-state index >= 15 is 0 Å².